The number of hydrogen-bond acceptors (Lipinski definition) is 2. The van der Waals surface area contributed by atoms with Crippen LogP contribution in [0.25, 0.3) is 0 Å². The maximum absolute atomic E-state index is 12.6. The second-order valence-corrected chi connectivity index (χ2v) is 14.6. The molecule has 3 heteroatoms. The number of carbonyl (C=O) groups excluding carboxylic acids is 1. The molecular weight excluding hydrogens is 324 g/mol. The summed E-state index contributed by atoms with van der Waals surface area (Å²) in [5.74, 6) is 2.65. The monoisotopic (exact) mass is 362 g/mol. The van der Waals surface area contributed by atoms with E-state index in [1.165, 1.54) is 23.3 Å². The Labute approximate surface area is 156 Å². The lowest BCUT2D eigenvalue weighted by atomic mass is 9.68. The molecule has 1 saturated carbocycles. The van der Waals surface area contributed by atoms with Crippen LogP contribution in [-0.2, 0) is 9.22 Å². The minimum absolute atomic E-state index is 0.187. The lowest BCUT2D eigenvalue weighted by molar-refractivity contribution is -0.126. The lowest BCUT2D eigenvalue weighted by Crippen LogP contribution is -2.42. The Hall–Kier alpha value is -0.833. The van der Waals surface area contributed by atoms with Gasteiger partial charge in [0.05, 0.1) is 5.76 Å². The fourth-order valence-corrected chi connectivity index (χ4v) is 5.18. The highest BCUT2D eigenvalue weighted by Crippen LogP contribution is 2.46. The van der Waals surface area contributed by atoms with Gasteiger partial charge >= 0.3 is 0 Å². The SMILES string of the molecule is C=C(C)[C@H]1CC(O[Si](C)(C)C(C)(C)C)=C(C)[C@H]([C@@H]2CCCCC2=O)C1. The van der Waals surface area contributed by atoms with E-state index in [1.54, 1.807) is 0 Å². The highest BCUT2D eigenvalue weighted by molar-refractivity contribution is 6.74. The Morgan fingerprint density at radius 2 is 1.84 bits per heavy atom. The van der Waals surface area contributed by atoms with Gasteiger partial charge in [-0.1, -0.05) is 39.3 Å². The van der Waals surface area contributed by atoms with Gasteiger partial charge in [0.25, 0.3) is 0 Å². The van der Waals surface area contributed by atoms with Crippen molar-refractivity contribution >= 4 is 14.1 Å². The third-order valence-electron chi connectivity index (χ3n) is 6.94. The molecule has 0 radical (unpaired) electrons. The van der Waals surface area contributed by atoms with E-state index in [4.69, 9.17) is 4.43 Å². The predicted molar refractivity (Wildman–Crippen MR) is 109 cm³/mol. The summed E-state index contributed by atoms with van der Waals surface area (Å²) in [4.78, 5) is 12.6. The molecule has 0 N–H and O–H groups in total. The van der Waals surface area contributed by atoms with Gasteiger partial charge in [0.2, 0.25) is 8.32 Å². The molecule has 0 amide bonds. The molecule has 2 rings (SSSR count). The minimum Gasteiger partial charge on any atom is -0.547 e. The first-order chi connectivity index (χ1) is 11.4. The molecule has 2 nitrogen and oxygen atoms in total. The average Bonchev–Trinajstić information content (AvgIpc) is 2.48. The van der Waals surface area contributed by atoms with Crippen LogP contribution in [0, 0.1) is 17.8 Å². The fraction of sp³-hybridized carbons (Fsp3) is 0.773. The molecule has 2 aliphatic rings. The smallest absolute Gasteiger partial charge is 0.250 e. The Balaban J connectivity index is 2.35. The zero-order chi connectivity index (χ0) is 19.0. The van der Waals surface area contributed by atoms with E-state index in [0.29, 0.717) is 17.6 Å². The molecule has 142 valence electrons. The van der Waals surface area contributed by atoms with Gasteiger partial charge in [0.1, 0.15) is 5.78 Å². The van der Waals surface area contributed by atoms with Crippen molar-refractivity contribution < 1.29 is 9.22 Å². The Morgan fingerprint density at radius 1 is 1.20 bits per heavy atom. The second-order valence-electron chi connectivity index (χ2n) is 9.88. The number of Topliss-reactive ketones (excluding diaryl/α,β-unsaturated/α-hetero) is 1. The Morgan fingerprint density at radius 3 is 2.36 bits per heavy atom. The summed E-state index contributed by atoms with van der Waals surface area (Å²) in [7, 11) is -1.87. The molecule has 0 aromatic rings. The Bertz CT molecular complexity index is 565. The van der Waals surface area contributed by atoms with Crippen LogP contribution in [0.15, 0.2) is 23.5 Å². The normalized spacial score (nSPS) is 28.9. The first-order valence-corrected chi connectivity index (χ1v) is 12.9. The van der Waals surface area contributed by atoms with Gasteiger partial charge in [0.15, 0.2) is 0 Å². The molecule has 0 unspecified atom stereocenters. The fourth-order valence-electron chi connectivity index (χ4n) is 4.02. The summed E-state index contributed by atoms with van der Waals surface area (Å²) in [5.41, 5.74) is 2.58. The van der Waals surface area contributed by atoms with E-state index in [9.17, 15) is 4.79 Å². The van der Waals surface area contributed by atoms with Gasteiger partial charge < -0.3 is 4.43 Å². The second kappa shape index (κ2) is 7.42. The van der Waals surface area contributed by atoms with Crippen LogP contribution in [0.4, 0.5) is 0 Å². The standard InChI is InChI=1S/C22H38O2Si/c1-15(2)17-13-19(18-11-9-10-12-20(18)23)16(3)21(14-17)24-25(7,8)22(4,5)6/h17-19H,1,9-14H2,2-8H3/t17-,18+,19-/m1/s1. The van der Waals surface area contributed by atoms with E-state index < -0.39 is 8.32 Å². The summed E-state index contributed by atoms with van der Waals surface area (Å²) in [5, 5.41) is 0.187. The molecule has 1 fully saturated rings. The van der Waals surface area contributed by atoms with E-state index in [2.05, 4.69) is 54.3 Å². The molecule has 0 aromatic heterocycles. The van der Waals surface area contributed by atoms with Crippen molar-refractivity contribution in [2.45, 2.75) is 91.3 Å². The van der Waals surface area contributed by atoms with Gasteiger partial charge in [-0.05, 0) is 68.7 Å². The largest absolute Gasteiger partial charge is 0.547 e. The molecule has 0 heterocycles. The maximum atomic E-state index is 12.6. The number of hydrogen-bond donors (Lipinski definition) is 0. The van der Waals surface area contributed by atoms with E-state index in [-0.39, 0.29) is 11.0 Å². The highest BCUT2D eigenvalue weighted by atomic mass is 28.4. The number of carbonyl (C=O) groups is 1. The van der Waals surface area contributed by atoms with Gasteiger partial charge in [-0.3, -0.25) is 4.79 Å². The zero-order valence-corrected chi connectivity index (χ0v) is 18.5. The van der Waals surface area contributed by atoms with Crippen molar-refractivity contribution in [3.8, 4) is 0 Å². The summed E-state index contributed by atoms with van der Waals surface area (Å²) in [6.07, 6.45) is 6.12. The third kappa shape index (κ3) is 4.47. The van der Waals surface area contributed by atoms with Crippen molar-refractivity contribution in [2.24, 2.45) is 17.8 Å². The van der Waals surface area contributed by atoms with E-state index in [0.717, 1.165) is 32.1 Å². The molecule has 3 atom stereocenters. The molecule has 0 aliphatic heterocycles. The van der Waals surface area contributed by atoms with Crippen molar-refractivity contribution in [3.05, 3.63) is 23.5 Å². The average molecular weight is 363 g/mol. The maximum Gasteiger partial charge on any atom is 0.250 e. The molecular formula is C22H38O2Si. The molecule has 0 aromatic carbocycles. The number of allylic oxidation sites excluding steroid dienone is 3. The van der Waals surface area contributed by atoms with Gasteiger partial charge in [-0.25, -0.2) is 0 Å². The van der Waals surface area contributed by atoms with Gasteiger partial charge in [-0.15, -0.1) is 0 Å². The van der Waals surface area contributed by atoms with Crippen LogP contribution in [0.1, 0.15) is 73.1 Å². The Kier molecular flexibility index (Phi) is 6.08. The highest BCUT2D eigenvalue weighted by Gasteiger charge is 2.43. The van der Waals surface area contributed by atoms with Crippen LogP contribution in [0.3, 0.4) is 0 Å². The van der Waals surface area contributed by atoms with Crippen LogP contribution in [-0.4, -0.2) is 14.1 Å². The van der Waals surface area contributed by atoms with Gasteiger partial charge in [0, 0.05) is 18.8 Å². The van der Waals surface area contributed by atoms with Gasteiger partial charge in [-0.2, -0.15) is 0 Å². The quantitative estimate of drug-likeness (QED) is 0.413. The van der Waals surface area contributed by atoms with E-state index >= 15 is 0 Å². The predicted octanol–water partition coefficient (Wildman–Crippen LogP) is 6.64. The molecule has 0 spiro atoms. The van der Waals surface area contributed by atoms with Crippen molar-refractivity contribution in [1.82, 2.24) is 0 Å². The third-order valence-corrected chi connectivity index (χ3v) is 11.3. The van der Waals surface area contributed by atoms with Crippen LogP contribution >= 0.6 is 0 Å². The van der Waals surface area contributed by atoms with E-state index in [1.807, 2.05) is 0 Å². The van der Waals surface area contributed by atoms with Crippen LogP contribution in [0.2, 0.25) is 18.1 Å². The summed E-state index contributed by atoms with van der Waals surface area (Å²) < 4.78 is 6.76. The molecule has 25 heavy (non-hydrogen) atoms. The number of ketones is 1. The summed E-state index contributed by atoms with van der Waals surface area (Å²) >= 11 is 0. The number of rotatable bonds is 4. The van der Waals surface area contributed by atoms with Crippen molar-refractivity contribution in [3.63, 3.8) is 0 Å². The van der Waals surface area contributed by atoms with Crippen LogP contribution < -0.4 is 0 Å². The topological polar surface area (TPSA) is 26.3 Å². The van der Waals surface area contributed by atoms with Crippen LogP contribution in [0.5, 0.6) is 0 Å². The minimum atomic E-state index is -1.87. The summed E-state index contributed by atoms with van der Waals surface area (Å²) in [6.45, 7) is 20.1. The first-order valence-electron chi connectivity index (χ1n) is 10.0. The summed E-state index contributed by atoms with van der Waals surface area (Å²) in [6, 6.07) is 0. The molecule has 2 aliphatic carbocycles. The lowest BCUT2D eigenvalue weighted by Gasteiger charge is -2.43. The zero-order valence-electron chi connectivity index (χ0n) is 17.5. The van der Waals surface area contributed by atoms with Crippen molar-refractivity contribution in [1.29, 1.82) is 0 Å². The van der Waals surface area contributed by atoms with Crippen molar-refractivity contribution in [2.75, 3.05) is 0 Å². The molecule has 0 saturated heterocycles. The molecule has 0 bridgehead atoms. The first kappa shape index (κ1) is 20.5.